The molecule has 0 aliphatic heterocycles. The maximum absolute atomic E-state index is 15.1. The van der Waals surface area contributed by atoms with Gasteiger partial charge in [0.25, 0.3) is 0 Å². The Balaban J connectivity index is 1.84. The number of benzene rings is 3. The number of esters is 1. The maximum atomic E-state index is 15.1. The molecule has 0 spiro atoms. The molecule has 0 N–H and O–H groups in total. The first-order chi connectivity index (χ1) is 15.3. The van der Waals surface area contributed by atoms with Crippen LogP contribution in [0.1, 0.15) is 23.6 Å². The molecular weight excluding hydrogens is 424 g/mol. The number of hydrogen-bond acceptors (Lipinski definition) is 3. The van der Waals surface area contributed by atoms with E-state index in [1.165, 1.54) is 18.2 Å². The number of rotatable bonds is 8. The molecule has 0 atom stereocenters. The SMILES string of the molecule is CCOC(=O)COc1ccc(F)c(CCc2cc(C)cc(-c3cccc(F)c3)c2F)c1F. The van der Waals surface area contributed by atoms with Gasteiger partial charge in [-0.3, -0.25) is 0 Å². The minimum absolute atomic E-state index is 0.00496. The molecule has 3 nitrogen and oxygen atoms in total. The molecule has 0 aromatic heterocycles. The van der Waals surface area contributed by atoms with Gasteiger partial charge in [0.2, 0.25) is 0 Å². The lowest BCUT2D eigenvalue weighted by Gasteiger charge is -2.13. The van der Waals surface area contributed by atoms with Crippen LogP contribution in [0.4, 0.5) is 17.6 Å². The van der Waals surface area contributed by atoms with Crippen LogP contribution in [0.2, 0.25) is 0 Å². The minimum atomic E-state index is -0.951. The third-order valence-corrected chi connectivity index (χ3v) is 4.87. The van der Waals surface area contributed by atoms with E-state index in [2.05, 4.69) is 0 Å². The predicted molar refractivity (Wildman–Crippen MR) is 112 cm³/mol. The Kier molecular flexibility index (Phi) is 7.51. The van der Waals surface area contributed by atoms with E-state index >= 15 is 4.39 Å². The summed E-state index contributed by atoms with van der Waals surface area (Å²) in [5, 5.41) is 0. The molecule has 3 aromatic rings. The molecule has 0 saturated carbocycles. The Bertz CT molecular complexity index is 1130. The van der Waals surface area contributed by atoms with E-state index in [1.807, 2.05) is 0 Å². The van der Waals surface area contributed by atoms with Gasteiger partial charge in [-0.2, -0.15) is 0 Å². The summed E-state index contributed by atoms with van der Waals surface area (Å²) in [6, 6.07) is 10.9. The molecule has 0 fully saturated rings. The summed E-state index contributed by atoms with van der Waals surface area (Å²) in [6.45, 7) is 3.02. The average Bonchev–Trinajstić information content (AvgIpc) is 2.75. The average molecular weight is 446 g/mol. The molecule has 0 amide bonds. The third-order valence-electron chi connectivity index (χ3n) is 4.87. The van der Waals surface area contributed by atoms with Crippen molar-refractivity contribution in [2.45, 2.75) is 26.7 Å². The highest BCUT2D eigenvalue weighted by atomic mass is 19.1. The first-order valence-electron chi connectivity index (χ1n) is 10.1. The second kappa shape index (κ2) is 10.3. The van der Waals surface area contributed by atoms with Gasteiger partial charge in [0, 0.05) is 11.1 Å². The van der Waals surface area contributed by atoms with Gasteiger partial charge < -0.3 is 9.47 Å². The van der Waals surface area contributed by atoms with Crippen molar-refractivity contribution in [3.8, 4) is 16.9 Å². The highest BCUT2D eigenvalue weighted by Gasteiger charge is 2.18. The Morgan fingerprint density at radius 1 is 0.938 bits per heavy atom. The van der Waals surface area contributed by atoms with Crippen LogP contribution >= 0.6 is 0 Å². The van der Waals surface area contributed by atoms with Crippen LogP contribution in [0.15, 0.2) is 48.5 Å². The first-order valence-corrected chi connectivity index (χ1v) is 10.1. The van der Waals surface area contributed by atoms with Crippen LogP contribution in [-0.2, 0) is 22.4 Å². The molecule has 3 rings (SSSR count). The van der Waals surface area contributed by atoms with Gasteiger partial charge in [0.15, 0.2) is 18.2 Å². The molecule has 7 heteroatoms. The summed E-state index contributed by atoms with van der Waals surface area (Å²) in [4.78, 5) is 11.4. The van der Waals surface area contributed by atoms with E-state index in [0.29, 0.717) is 5.56 Å². The highest BCUT2D eigenvalue weighted by molar-refractivity contribution is 5.71. The molecular formula is C25H22F4O3. The summed E-state index contributed by atoms with van der Waals surface area (Å²) in [5.74, 6) is -3.79. The van der Waals surface area contributed by atoms with E-state index in [1.54, 1.807) is 32.0 Å². The van der Waals surface area contributed by atoms with Crippen LogP contribution in [0.5, 0.6) is 5.75 Å². The topological polar surface area (TPSA) is 35.5 Å². The number of halogens is 4. The van der Waals surface area contributed by atoms with Crippen LogP contribution in [0, 0.1) is 30.2 Å². The lowest BCUT2D eigenvalue weighted by atomic mass is 9.95. The zero-order valence-electron chi connectivity index (χ0n) is 17.7. The lowest BCUT2D eigenvalue weighted by Crippen LogP contribution is -2.15. The van der Waals surface area contributed by atoms with E-state index in [0.717, 1.165) is 17.7 Å². The smallest absolute Gasteiger partial charge is 0.344 e. The Hall–Kier alpha value is -3.35. The van der Waals surface area contributed by atoms with E-state index < -0.39 is 35.8 Å². The third kappa shape index (κ3) is 5.46. The molecule has 32 heavy (non-hydrogen) atoms. The number of hydrogen-bond donors (Lipinski definition) is 0. The van der Waals surface area contributed by atoms with Crippen LogP contribution in [-0.4, -0.2) is 19.2 Å². The maximum Gasteiger partial charge on any atom is 0.344 e. The second-order valence-electron chi connectivity index (χ2n) is 7.23. The fourth-order valence-corrected chi connectivity index (χ4v) is 3.41. The Morgan fingerprint density at radius 3 is 2.44 bits per heavy atom. The number of carbonyl (C=O) groups excluding carboxylic acids is 1. The van der Waals surface area contributed by atoms with Crippen molar-refractivity contribution >= 4 is 5.97 Å². The van der Waals surface area contributed by atoms with Gasteiger partial charge in [-0.1, -0.05) is 23.8 Å². The lowest BCUT2D eigenvalue weighted by molar-refractivity contribution is -0.145. The largest absolute Gasteiger partial charge is 0.479 e. The van der Waals surface area contributed by atoms with Crippen molar-refractivity contribution in [1.82, 2.24) is 0 Å². The molecule has 168 valence electrons. The molecule has 3 aromatic carbocycles. The van der Waals surface area contributed by atoms with Crippen LogP contribution < -0.4 is 4.74 Å². The molecule has 0 saturated heterocycles. The van der Waals surface area contributed by atoms with Crippen molar-refractivity contribution < 1.29 is 31.8 Å². The normalized spacial score (nSPS) is 10.8. The standard InChI is InChI=1S/C25H22F4O3/c1-3-31-23(30)14-32-22-10-9-21(27)19(25(22)29)8-7-17-11-15(2)12-20(24(17)28)16-5-4-6-18(26)13-16/h4-6,9-13H,3,7-8,14H2,1-2H3. The molecule has 0 aliphatic rings. The van der Waals surface area contributed by atoms with Gasteiger partial charge in [-0.05, 0) is 68.1 Å². The predicted octanol–water partition coefficient (Wildman–Crippen LogP) is 5.95. The molecule has 0 radical (unpaired) electrons. The van der Waals surface area contributed by atoms with E-state index in [9.17, 15) is 18.0 Å². The quantitative estimate of drug-likeness (QED) is 0.317. The molecule has 0 bridgehead atoms. The second-order valence-corrected chi connectivity index (χ2v) is 7.23. The summed E-state index contributed by atoms with van der Waals surface area (Å²) in [7, 11) is 0. The van der Waals surface area contributed by atoms with E-state index in [4.69, 9.17) is 9.47 Å². The van der Waals surface area contributed by atoms with Crippen molar-refractivity contribution in [1.29, 1.82) is 0 Å². The number of aryl methyl sites for hydroxylation is 2. The summed E-state index contributed by atoms with van der Waals surface area (Å²) < 4.78 is 67.6. The van der Waals surface area contributed by atoms with E-state index in [-0.39, 0.29) is 41.9 Å². The van der Waals surface area contributed by atoms with Crippen molar-refractivity contribution in [2.75, 3.05) is 13.2 Å². The fraction of sp³-hybridized carbons (Fsp3) is 0.240. The van der Waals surface area contributed by atoms with Crippen molar-refractivity contribution in [3.63, 3.8) is 0 Å². The monoisotopic (exact) mass is 446 g/mol. The van der Waals surface area contributed by atoms with Crippen LogP contribution in [0.3, 0.4) is 0 Å². The molecule has 0 aliphatic carbocycles. The summed E-state index contributed by atoms with van der Waals surface area (Å²) >= 11 is 0. The fourth-order valence-electron chi connectivity index (χ4n) is 3.41. The number of ether oxygens (including phenoxy) is 2. The van der Waals surface area contributed by atoms with Crippen molar-refractivity contribution in [3.05, 3.63) is 88.5 Å². The summed E-state index contributed by atoms with van der Waals surface area (Å²) in [5.41, 5.74) is 1.29. The Labute approximate surface area is 183 Å². The zero-order valence-corrected chi connectivity index (χ0v) is 17.7. The van der Waals surface area contributed by atoms with Crippen LogP contribution in [0.25, 0.3) is 11.1 Å². The zero-order chi connectivity index (χ0) is 23.3. The van der Waals surface area contributed by atoms with Gasteiger partial charge in [0.05, 0.1) is 6.61 Å². The van der Waals surface area contributed by atoms with Gasteiger partial charge in [0.1, 0.15) is 17.5 Å². The minimum Gasteiger partial charge on any atom is -0.479 e. The molecule has 0 heterocycles. The molecule has 0 unspecified atom stereocenters. The van der Waals surface area contributed by atoms with Gasteiger partial charge in [-0.15, -0.1) is 0 Å². The highest BCUT2D eigenvalue weighted by Crippen LogP contribution is 2.29. The number of carbonyl (C=O) groups is 1. The van der Waals surface area contributed by atoms with Gasteiger partial charge >= 0.3 is 5.97 Å². The first kappa shape index (κ1) is 23.3. The summed E-state index contributed by atoms with van der Waals surface area (Å²) in [6.07, 6.45) is -0.137. The van der Waals surface area contributed by atoms with Gasteiger partial charge in [-0.25, -0.2) is 22.4 Å². The van der Waals surface area contributed by atoms with Crippen molar-refractivity contribution in [2.24, 2.45) is 0 Å². The Morgan fingerprint density at radius 2 is 1.72 bits per heavy atom.